The third-order valence-corrected chi connectivity index (χ3v) is 3.69. The molecule has 0 atom stereocenters. The Hall–Kier alpha value is -2.57. The van der Waals surface area contributed by atoms with Gasteiger partial charge in [-0.2, -0.15) is 0 Å². The van der Waals surface area contributed by atoms with Crippen LogP contribution in [-0.2, 0) is 0 Å². The zero-order valence-electron chi connectivity index (χ0n) is 12.2. The highest BCUT2D eigenvalue weighted by Gasteiger charge is 2.20. The van der Waals surface area contributed by atoms with Crippen LogP contribution in [-0.4, -0.2) is 28.9 Å². The molecule has 0 aliphatic carbocycles. The number of halogens is 3. The molecule has 1 aliphatic rings. The van der Waals surface area contributed by atoms with E-state index in [4.69, 9.17) is 0 Å². The third kappa shape index (κ3) is 3.13. The number of rotatable bonds is 3. The molecular weight excluding hydrogens is 307 g/mol. The van der Waals surface area contributed by atoms with Crippen molar-refractivity contribution >= 4 is 17.3 Å². The first kappa shape index (κ1) is 15.3. The lowest BCUT2D eigenvalue weighted by atomic mass is 10.2. The van der Waals surface area contributed by atoms with E-state index in [9.17, 15) is 18.0 Å². The average molecular weight is 321 g/mol. The van der Waals surface area contributed by atoms with Crippen LogP contribution in [0.4, 0.5) is 24.5 Å². The van der Waals surface area contributed by atoms with Gasteiger partial charge in [0.2, 0.25) is 0 Å². The molecule has 0 unspecified atom stereocenters. The highest BCUT2D eigenvalue weighted by Crippen LogP contribution is 2.23. The van der Waals surface area contributed by atoms with E-state index in [1.807, 2.05) is 0 Å². The molecule has 2 aromatic rings. The maximum Gasteiger partial charge on any atom is 0.272 e. The number of hydrogen-bond donors (Lipinski definition) is 1. The van der Waals surface area contributed by atoms with E-state index in [1.54, 1.807) is 4.90 Å². The molecule has 1 fully saturated rings. The van der Waals surface area contributed by atoms with E-state index in [0.29, 0.717) is 11.4 Å². The van der Waals surface area contributed by atoms with Crippen molar-refractivity contribution in [2.45, 2.75) is 12.8 Å². The van der Waals surface area contributed by atoms with Gasteiger partial charge in [-0.25, -0.2) is 18.2 Å². The number of nitrogens with one attached hydrogen (secondary N) is 1. The second-order valence-corrected chi connectivity index (χ2v) is 5.28. The molecule has 1 amide bonds. The first-order valence-electron chi connectivity index (χ1n) is 7.22. The number of aromatic nitrogens is 1. The summed E-state index contributed by atoms with van der Waals surface area (Å²) in [6.45, 7) is 1.45. The molecular formula is C16H14F3N3O. The molecule has 0 saturated carbocycles. The lowest BCUT2D eigenvalue weighted by Gasteiger charge is -2.14. The van der Waals surface area contributed by atoms with Gasteiger partial charge in [-0.05, 0) is 37.1 Å². The highest BCUT2D eigenvalue weighted by molar-refractivity contribution is 5.92. The van der Waals surface area contributed by atoms with E-state index in [2.05, 4.69) is 10.3 Å². The summed E-state index contributed by atoms with van der Waals surface area (Å²) in [7, 11) is 0. The maximum atomic E-state index is 13.6. The summed E-state index contributed by atoms with van der Waals surface area (Å²) in [5, 5.41) is 2.61. The quantitative estimate of drug-likeness (QED) is 0.880. The van der Waals surface area contributed by atoms with Crippen molar-refractivity contribution < 1.29 is 18.0 Å². The van der Waals surface area contributed by atoms with Crippen molar-refractivity contribution in [3.05, 3.63) is 53.6 Å². The summed E-state index contributed by atoms with van der Waals surface area (Å²) in [4.78, 5) is 17.9. The Balaban J connectivity index is 1.75. The summed E-state index contributed by atoms with van der Waals surface area (Å²) in [5.41, 5.74) is 0.459. The van der Waals surface area contributed by atoms with Crippen LogP contribution in [0.1, 0.15) is 23.3 Å². The molecule has 1 aromatic carbocycles. The number of hydrogen-bond acceptors (Lipinski definition) is 3. The van der Waals surface area contributed by atoms with E-state index in [1.165, 1.54) is 18.3 Å². The Labute approximate surface area is 130 Å². The monoisotopic (exact) mass is 321 g/mol. The van der Waals surface area contributed by atoms with Crippen LogP contribution in [0.5, 0.6) is 0 Å². The molecule has 1 aromatic heterocycles. The van der Waals surface area contributed by atoms with Crippen molar-refractivity contribution in [2.24, 2.45) is 0 Å². The summed E-state index contributed by atoms with van der Waals surface area (Å²) in [5.74, 6) is -4.24. The number of anilines is 2. The minimum Gasteiger partial charge on any atom is -0.352 e. The molecule has 120 valence electrons. The van der Waals surface area contributed by atoms with Crippen molar-refractivity contribution in [3.8, 4) is 0 Å². The van der Waals surface area contributed by atoms with E-state index in [-0.39, 0.29) is 11.6 Å². The van der Waals surface area contributed by atoms with E-state index >= 15 is 0 Å². The second-order valence-electron chi connectivity index (χ2n) is 5.28. The zero-order valence-corrected chi connectivity index (χ0v) is 12.2. The van der Waals surface area contributed by atoms with Gasteiger partial charge in [0.25, 0.3) is 5.91 Å². The minimum atomic E-state index is -1.54. The standard InChI is InChI=1S/C16H14F3N3O/c17-11-4-6-12(15(19)14(11)18)21-10-3-5-13(20-9-10)16(23)22-7-1-2-8-22/h3-6,9,21H,1-2,7-8H2. The van der Waals surface area contributed by atoms with Gasteiger partial charge in [0.15, 0.2) is 17.5 Å². The van der Waals surface area contributed by atoms with Crippen LogP contribution < -0.4 is 5.32 Å². The normalized spacial score (nSPS) is 14.1. The van der Waals surface area contributed by atoms with Crippen LogP contribution in [0, 0.1) is 17.5 Å². The Morgan fingerprint density at radius 2 is 1.78 bits per heavy atom. The highest BCUT2D eigenvalue weighted by atomic mass is 19.2. The van der Waals surface area contributed by atoms with Crippen molar-refractivity contribution in [2.75, 3.05) is 18.4 Å². The number of benzene rings is 1. The molecule has 0 spiro atoms. The zero-order chi connectivity index (χ0) is 16.4. The van der Waals surface area contributed by atoms with E-state index < -0.39 is 17.5 Å². The third-order valence-electron chi connectivity index (χ3n) is 3.69. The topological polar surface area (TPSA) is 45.2 Å². The molecule has 0 bridgehead atoms. The SMILES string of the molecule is O=C(c1ccc(Nc2ccc(F)c(F)c2F)cn1)N1CCCC1. The summed E-state index contributed by atoms with van der Waals surface area (Å²) in [6, 6.07) is 4.98. The molecule has 7 heteroatoms. The predicted molar refractivity (Wildman–Crippen MR) is 79.0 cm³/mol. The van der Waals surface area contributed by atoms with Crippen molar-refractivity contribution in [1.82, 2.24) is 9.88 Å². The lowest BCUT2D eigenvalue weighted by molar-refractivity contribution is 0.0787. The fourth-order valence-electron chi connectivity index (χ4n) is 2.45. The number of pyridine rings is 1. The van der Waals surface area contributed by atoms with Crippen LogP contribution >= 0.6 is 0 Å². The van der Waals surface area contributed by atoms with Crippen molar-refractivity contribution in [3.63, 3.8) is 0 Å². The summed E-state index contributed by atoms with van der Waals surface area (Å²) < 4.78 is 39.7. The Morgan fingerprint density at radius 1 is 1.04 bits per heavy atom. The molecule has 2 heterocycles. The van der Waals surface area contributed by atoms with Crippen LogP contribution in [0.15, 0.2) is 30.5 Å². The van der Waals surface area contributed by atoms with Crippen LogP contribution in [0.3, 0.4) is 0 Å². The van der Waals surface area contributed by atoms with Gasteiger partial charge in [-0.15, -0.1) is 0 Å². The smallest absolute Gasteiger partial charge is 0.272 e. The molecule has 0 radical (unpaired) electrons. The van der Waals surface area contributed by atoms with Gasteiger partial charge in [0, 0.05) is 13.1 Å². The Kier molecular flexibility index (Phi) is 4.18. The van der Waals surface area contributed by atoms with Gasteiger partial charge in [0.1, 0.15) is 5.69 Å². The summed E-state index contributed by atoms with van der Waals surface area (Å²) in [6.07, 6.45) is 3.32. The molecule has 1 aliphatic heterocycles. The molecule has 23 heavy (non-hydrogen) atoms. The lowest BCUT2D eigenvalue weighted by Crippen LogP contribution is -2.28. The Bertz CT molecular complexity index is 728. The number of carbonyl (C=O) groups excluding carboxylic acids is 1. The minimum absolute atomic E-state index is 0.145. The fourth-order valence-corrected chi connectivity index (χ4v) is 2.45. The Morgan fingerprint density at radius 3 is 2.43 bits per heavy atom. The second kappa shape index (κ2) is 6.28. The molecule has 4 nitrogen and oxygen atoms in total. The first-order chi connectivity index (χ1) is 11.1. The first-order valence-corrected chi connectivity index (χ1v) is 7.22. The summed E-state index contributed by atoms with van der Waals surface area (Å²) >= 11 is 0. The van der Waals surface area contributed by atoms with Gasteiger partial charge in [0.05, 0.1) is 17.6 Å². The molecule has 3 rings (SSSR count). The predicted octanol–water partition coefficient (Wildman–Crippen LogP) is 3.48. The fraction of sp³-hybridized carbons (Fsp3) is 0.250. The van der Waals surface area contributed by atoms with Gasteiger partial charge >= 0.3 is 0 Å². The van der Waals surface area contributed by atoms with E-state index in [0.717, 1.165) is 38.1 Å². The molecule has 1 N–H and O–H groups in total. The van der Waals surface area contributed by atoms with Crippen LogP contribution in [0.2, 0.25) is 0 Å². The van der Waals surface area contributed by atoms with Gasteiger partial charge < -0.3 is 10.2 Å². The van der Waals surface area contributed by atoms with Gasteiger partial charge in [-0.3, -0.25) is 4.79 Å². The largest absolute Gasteiger partial charge is 0.352 e. The average Bonchev–Trinajstić information content (AvgIpc) is 3.10. The number of nitrogens with zero attached hydrogens (tertiary/aromatic N) is 2. The number of amides is 1. The van der Waals surface area contributed by atoms with Gasteiger partial charge in [-0.1, -0.05) is 0 Å². The van der Waals surface area contributed by atoms with Crippen molar-refractivity contribution in [1.29, 1.82) is 0 Å². The maximum absolute atomic E-state index is 13.6. The van der Waals surface area contributed by atoms with Crippen LogP contribution in [0.25, 0.3) is 0 Å². The molecule has 1 saturated heterocycles. The number of likely N-dealkylation sites (tertiary alicyclic amines) is 1. The number of carbonyl (C=O) groups is 1.